The SMILES string of the molecule is Cc1cc(C2CC3CCC2N3)cc([N+](=O)[O-])c1. The molecule has 3 atom stereocenters. The molecule has 4 heteroatoms. The fourth-order valence-electron chi connectivity index (χ4n) is 3.30. The van der Waals surface area contributed by atoms with E-state index in [0.717, 1.165) is 17.5 Å². The number of fused-ring (bicyclic) bond motifs is 2. The monoisotopic (exact) mass is 232 g/mol. The first-order chi connectivity index (χ1) is 8.13. The Morgan fingerprint density at radius 3 is 2.76 bits per heavy atom. The summed E-state index contributed by atoms with van der Waals surface area (Å²) in [5.41, 5.74) is 2.34. The molecule has 2 heterocycles. The number of nitro benzene ring substituents is 1. The van der Waals surface area contributed by atoms with E-state index in [4.69, 9.17) is 0 Å². The van der Waals surface area contributed by atoms with Crippen LogP contribution in [0.5, 0.6) is 0 Å². The van der Waals surface area contributed by atoms with Crippen molar-refractivity contribution in [1.29, 1.82) is 0 Å². The van der Waals surface area contributed by atoms with E-state index in [1.165, 1.54) is 12.8 Å². The lowest BCUT2D eigenvalue weighted by Crippen LogP contribution is -2.21. The molecule has 1 N–H and O–H groups in total. The largest absolute Gasteiger partial charge is 0.311 e. The Morgan fingerprint density at radius 2 is 2.18 bits per heavy atom. The van der Waals surface area contributed by atoms with Gasteiger partial charge in [-0.25, -0.2) is 0 Å². The summed E-state index contributed by atoms with van der Waals surface area (Å²) in [6.07, 6.45) is 3.59. The summed E-state index contributed by atoms with van der Waals surface area (Å²) in [7, 11) is 0. The molecule has 2 aliphatic heterocycles. The van der Waals surface area contributed by atoms with E-state index in [-0.39, 0.29) is 10.6 Å². The third-order valence-electron chi connectivity index (χ3n) is 4.02. The Labute approximate surface area is 100 Å². The first kappa shape index (κ1) is 10.7. The van der Waals surface area contributed by atoms with Crippen LogP contribution >= 0.6 is 0 Å². The fraction of sp³-hybridized carbons (Fsp3) is 0.538. The summed E-state index contributed by atoms with van der Waals surface area (Å²) in [4.78, 5) is 10.6. The Morgan fingerprint density at radius 1 is 1.35 bits per heavy atom. The van der Waals surface area contributed by atoms with E-state index < -0.39 is 0 Å². The average Bonchev–Trinajstić information content (AvgIpc) is 2.89. The van der Waals surface area contributed by atoms with Crippen LogP contribution in [-0.2, 0) is 0 Å². The number of benzene rings is 1. The second kappa shape index (κ2) is 3.81. The Kier molecular flexibility index (Phi) is 2.40. The van der Waals surface area contributed by atoms with E-state index in [2.05, 4.69) is 11.4 Å². The van der Waals surface area contributed by atoms with Crippen LogP contribution in [0.4, 0.5) is 5.69 Å². The number of hydrogen-bond donors (Lipinski definition) is 1. The summed E-state index contributed by atoms with van der Waals surface area (Å²) in [5, 5.41) is 14.4. The maximum absolute atomic E-state index is 10.9. The molecule has 0 aromatic heterocycles. The molecule has 3 unspecified atom stereocenters. The normalized spacial score (nSPS) is 30.8. The van der Waals surface area contributed by atoms with Crippen molar-refractivity contribution < 1.29 is 4.92 Å². The van der Waals surface area contributed by atoms with Crippen molar-refractivity contribution in [3.8, 4) is 0 Å². The molecule has 0 spiro atoms. The highest BCUT2D eigenvalue weighted by Gasteiger charge is 2.40. The lowest BCUT2D eigenvalue weighted by atomic mass is 9.83. The number of nitrogens with zero attached hydrogens (tertiary/aromatic N) is 1. The lowest BCUT2D eigenvalue weighted by Gasteiger charge is -2.20. The minimum Gasteiger partial charge on any atom is -0.311 e. The van der Waals surface area contributed by atoms with Gasteiger partial charge in [0.2, 0.25) is 0 Å². The molecule has 0 saturated carbocycles. The minimum absolute atomic E-state index is 0.225. The number of aryl methyl sites for hydroxylation is 1. The summed E-state index contributed by atoms with van der Waals surface area (Å²) in [6, 6.07) is 6.65. The highest BCUT2D eigenvalue weighted by molar-refractivity contribution is 5.41. The fourth-order valence-corrected chi connectivity index (χ4v) is 3.30. The Hall–Kier alpha value is -1.42. The van der Waals surface area contributed by atoms with Crippen LogP contribution in [0.15, 0.2) is 18.2 Å². The number of nitrogens with one attached hydrogen (secondary N) is 1. The predicted octanol–water partition coefficient (Wildman–Crippen LogP) is 2.51. The van der Waals surface area contributed by atoms with Gasteiger partial charge < -0.3 is 5.32 Å². The summed E-state index contributed by atoms with van der Waals surface area (Å²) >= 11 is 0. The van der Waals surface area contributed by atoms with Gasteiger partial charge in [-0.2, -0.15) is 0 Å². The van der Waals surface area contributed by atoms with E-state index in [1.807, 2.05) is 6.92 Å². The van der Waals surface area contributed by atoms with Crippen LogP contribution in [0.3, 0.4) is 0 Å². The van der Waals surface area contributed by atoms with Crippen molar-refractivity contribution in [2.75, 3.05) is 0 Å². The van der Waals surface area contributed by atoms with Gasteiger partial charge in [0.05, 0.1) is 4.92 Å². The van der Waals surface area contributed by atoms with Crippen molar-refractivity contribution >= 4 is 5.69 Å². The predicted molar refractivity (Wildman–Crippen MR) is 65.1 cm³/mol. The second-order valence-electron chi connectivity index (χ2n) is 5.25. The molecule has 0 radical (unpaired) electrons. The maximum atomic E-state index is 10.9. The van der Waals surface area contributed by atoms with Gasteiger partial charge in [-0.05, 0) is 37.3 Å². The Balaban J connectivity index is 1.95. The van der Waals surface area contributed by atoms with Crippen LogP contribution in [0.1, 0.15) is 36.3 Å². The van der Waals surface area contributed by atoms with Crippen molar-refractivity contribution in [3.63, 3.8) is 0 Å². The molecule has 2 bridgehead atoms. The van der Waals surface area contributed by atoms with Crippen molar-refractivity contribution in [2.45, 2.75) is 44.2 Å². The molecule has 17 heavy (non-hydrogen) atoms. The van der Waals surface area contributed by atoms with Gasteiger partial charge in [-0.15, -0.1) is 0 Å². The highest BCUT2D eigenvalue weighted by atomic mass is 16.6. The maximum Gasteiger partial charge on any atom is 0.269 e. The number of hydrogen-bond acceptors (Lipinski definition) is 3. The summed E-state index contributed by atoms with van der Waals surface area (Å²) < 4.78 is 0. The van der Waals surface area contributed by atoms with Gasteiger partial charge in [0, 0.05) is 30.1 Å². The van der Waals surface area contributed by atoms with Gasteiger partial charge in [0.1, 0.15) is 0 Å². The quantitative estimate of drug-likeness (QED) is 0.629. The molecule has 1 aromatic rings. The average molecular weight is 232 g/mol. The van der Waals surface area contributed by atoms with Crippen molar-refractivity contribution in [2.24, 2.45) is 0 Å². The number of non-ortho nitro benzene ring substituents is 1. The van der Waals surface area contributed by atoms with E-state index in [0.29, 0.717) is 18.0 Å². The zero-order chi connectivity index (χ0) is 12.0. The van der Waals surface area contributed by atoms with Crippen LogP contribution in [0.2, 0.25) is 0 Å². The topological polar surface area (TPSA) is 55.2 Å². The van der Waals surface area contributed by atoms with E-state index in [9.17, 15) is 10.1 Å². The van der Waals surface area contributed by atoms with E-state index >= 15 is 0 Å². The number of nitro groups is 1. The molecule has 0 amide bonds. The van der Waals surface area contributed by atoms with Crippen molar-refractivity contribution in [1.82, 2.24) is 5.32 Å². The van der Waals surface area contributed by atoms with Gasteiger partial charge in [0.15, 0.2) is 0 Å². The van der Waals surface area contributed by atoms with Gasteiger partial charge in [-0.3, -0.25) is 10.1 Å². The molecular weight excluding hydrogens is 216 g/mol. The number of rotatable bonds is 2. The standard InChI is InChI=1S/C13H16N2O2/c1-8-4-9(6-11(5-8)15(16)17)12-7-10-2-3-13(12)14-10/h4-6,10,12-14H,2-3,7H2,1H3. The van der Waals surface area contributed by atoms with Crippen LogP contribution in [-0.4, -0.2) is 17.0 Å². The molecule has 0 aliphatic carbocycles. The van der Waals surface area contributed by atoms with Gasteiger partial charge in [0.25, 0.3) is 5.69 Å². The molecule has 1 aromatic carbocycles. The smallest absolute Gasteiger partial charge is 0.269 e. The Bertz CT molecular complexity index is 472. The van der Waals surface area contributed by atoms with Crippen LogP contribution in [0.25, 0.3) is 0 Å². The molecule has 4 nitrogen and oxygen atoms in total. The zero-order valence-corrected chi connectivity index (χ0v) is 9.85. The summed E-state index contributed by atoms with van der Waals surface area (Å²) in [5.74, 6) is 0.465. The molecule has 3 rings (SSSR count). The molecule has 90 valence electrons. The third kappa shape index (κ3) is 1.82. The zero-order valence-electron chi connectivity index (χ0n) is 9.85. The first-order valence-electron chi connectivity index (χ1n) is 6.15. The second-order valence-corrected chi connectivity index (χ2v) is 5.25. The summed E-state index contributed by atoms with van der Waals surface area (Å²) in [6.45, 7) is 1.93. The van der Waals surface area contributed by atoms with E-state index in [1.54, 1.807) is 12.1 Å². The van der Waals surface area contributed by atoms with Crippen LogP contribution in [0, 0.1) is 17.0 Å². The molecule has 2 aliphatic rings. The van der Waals surface area contributed by atoms with Crippen molar-refractivity contribution in [3.05, 3.63) is 39.4 Å². The minimum atomic E-state index is -0.295. The third-order valence-corrected chi connectivity index (χ3v) is 4.02. The molecule has 2 saturated heterocycles. The molecule has 2 fully saturated rings. The van der Waals surface area contributed by atoms with Crippen LogP contribution < -0.4 is 5.32 Å². The molecular formula is C13H16N2O2. The highest BCUT2D eigenvalue weighted by Crippen LogP contribution is 2.40. The van der Waals surface area contributed by atoms with Gasteiger partial charge in [-0.1, -0.05) is 6.07 Å². The lowest BCUT2D eigenvalue weighted by molar-refractivity contribution is -0.385. The van der Waals surface area contributed by atoms with Gasteiger partial charge >= 0.3 is 0 Å². The first-order valence-corrected chi connectivity index (χ1v) is 6.15.